The Morgan fingerprint density at radius 3 is 2.81 bits per heavy atom. The first-order chi connectivity index (χ1) is 9.95. The number of nitrogens with one attached hydrogen (secondary N) is 1. The Bertz CT molecular complexity index is 587. The Balaban J connectivity index is 2.89. The highest BCUT2D eigenvalue weighted by Gasteiger charge is 2.13. The summed E-state index contributed by atoms with van der Waals surface area (Å²) in [4.78, 5) is 12.2. The van der Waals surface area contributed by atoms with Gasteiger partial charge in [-0.05, 0) is 31.5 Å². The second kappa shape index (κ2) is 8.60. The molecule has 0 saturated heterocycles. The molecule has 4 nitrogen and oxygen atoms in total. The zero-order chi connectivity index (χ0) is 15.8. The number of aliphatic hydroxyl groups is 1. The van der Waals surface area contributed by atoms with Gasteiger partial charge in [-0.2, -0.15) is 0 Å². The number of aliphatic hydroxyl groups excluding tert-OH is 1. The Hall–Kier alpha value is -1.64. The lowest BCUT2D eigenvalue weighted by Crippen LogP contribution is -2.33. The van der Waals surface area contributed by atoms with Crippen LogP contribution in [0.15, 0.2) is 18.2 Å². The van der Waals surface area contributed by atoms with E-state index in [1.807, 2.05) is 26.0 Å². The van der Waals surface area contributed by atoms with E-state index in [-0.39, 0.29) is 17.8 Å². The lowest BCUT2D eigenvalue weighted by Gasteiger charge is -2.11. The van der Waals surface area contributed by atoms with Crippen molar-refractivity contribution in [3.05, 3.63) is 34.9 Å². The summed E-state index contributed by atoms with van der Waals surface area (Å²) in [6.45, 7) is 4.12. The third-order valence-electron chi connectivity index (χ3n) is 3.00. The number of carbonyl (C=O) groups excluding carboxylic acids is 1. The molecule has 0 bridgehead atoms. The number of rotatable bonds is 5. The van der Waals surface area contributed by atoms with Crippen LogP contribution in [-0.2, 0) is 10.8 Å². The molecule has 0 aliphatic rings. The number of aryl methyl sites for hydroxylation is 1. The van der Waals surface area contributed by atoms with Crippen molar-refractivity contribution in [2.75, 3.05) is 19.4 Å². The van der Waals surface area contributed by atoms with Crippen LogP contribution in [0.4, 0.5) is 0 Å². The number of carbonyl (C=O) groups is 1. The van der Waals surface area contributed by atoms with Crippen molar-refractivity contribution in [3.63, 3.8) is 0 Å². The minimum Gasteiger partial charge on any atom is -0.395 e. The molecule has 0 aliphatic heterocycles. The molecular formula is C16H21NO3S. The van der Waals surface area contributed by atoms with Crippen molar-refractivity contribution in [3.8, 4) is 11.8 Å². The molecule has 2 N–H and O–H groups in total. The Morgan fingerprint density at radius 1 is 1.48 bits per heavy atom. The van der Waals surface area contributed by atoms with E-state index in [4.69, 9.17) is 5.11 Å². The van der Waals surface area contributed by atoms with Crippen LogP contribution in [0.5, 0.6) is 0 Å². The molecular weight excluding hydrogens is 286 g/mol. The van der Waals surface area contributed by atoms with Crippen molar-refractivity contribution >= 4 is 16.7 Å². The highest BCUT2D eigenvalue weighted by Crippen LogP contribution is 2.11. The SMILES string of the molecule is Cc1ccc(C(=O)NCC(C)S(C)=O)c(C#CCCO)c1. The summed E-state index contributed by atoms with van der Waals surface area (Å²) in [6, 6.07) is 5.44. The van der Waals surface area contributed by atoms with Gasteiger partial charge < -0.3 is 10.4 Å². The fourth-order valence-electron chi connectivity index (χ4n) is 1.62. The summed E-state index contributed by atoms with van der Waals surface area (Å²) in [5, 5.41) is 11.5. The van der Waals surface area contributed by atoms with Gasteiger partial charge in [-0.15, -0.1) is 0 Å². The van der Waals surface area contributed by atoms with E-state index >= 15 is 0 Å². The summed E-state index contributed by atoms with van der Waals surface area (Å²) >= 11 is 0. The van der Waals surface area contributed by atoms with Gasteiger partial charge in [0.15, 0.2) is 0 Å². The van der Waals surface area contributed by atoms with E-state index in [0.29, 0.717) is 24.1 Å². The standard InChI is InChI=1S/C16H21NO3S/c1-12-7-8-15(14(10-12)6-4-5-9-18)16(19)17-11-13(2)21(3)20/h7-8,10,13,18H,5,9,11H2,1-3H3,(H,17,19). The molecule has 1 rings (SSSR count). The highest BCUT2D eigenvalue weighted by atomic mass is 32.2. The molecule has 114 valence electrons. The molecule has 1 aromatic rings. The average molecular weight is 307 g/mol. The van der Waals surface area contributed by atoms with Crippen LogP contribution in [0.3, 0.4) is 0 Å². The summed E-state index contributed by atoms with van der Waals surface area (Å²) < 4.78 is 11.3. The monoisotopic (exact) mass is 307 g/mol. The van der Waals surface area contributed by atoms with E-state index in [2.05, 4.69) is 17.2 Å². The zero-order valence-corrected chi connectivity index (χ0v) is 13.4. The minimum absolute atomic E-state index is 0.000173. The van der Waals surface area contributed by atoms with Crippen LogP contribution in [0.2, 0.25) is 0 Å². The second-order valence-corrected chi connectivity index (χ2v) is 6.65. The summed E-state index contributed by atoms with van der Waals surface area (Å²) in [6.07, 6.45) is 2.00. The number of hydrogen-bond acceptors (Lipinski definition) is 3. The number of hydrogen-bond donors (Lipinski definition) is 2. The lowest BCUT2D eigenvalue weighted by atomic mass is 10.0. The van der Waals surface area contributed by atoms with E-state index in [9.17, 15) is 9.00 Å². The maximum absolute atomic E-state index is 12.2. The Labute approximate surface area is 128 Å². The largest absolute Gasteiger partial charge is 0.395 e. The van der Waals surface area contributed by atoms with Gasteiger partial charge in [-0.3, -0.25) is 9.00 Å². The molecule has 0 aliphatic carbocycles. The molecule has 0 saturated carbocycles. The predicted molar refractivity (Wildman–Crippen MR) is 85.6 cm³/mol. The minimum atomic E-state index is -0.969. The van der Waals surface area contributed by atoms with E-state index in [1.165, 1.54) is 0 Å². The molecule has 5 heteroatoms. The predicted octanol–water partition coefficient (Wildman–Crippen LogP) is 1.23. The van der Waals surface area contributed by atoms with E-state index < -0.39 is 10.8 Å². The van der Waals surface area contributed by atoms with Crippen molar-refractivity contribution in [2.45, 2.75) is 25.5 Å². The topological polar surface area (TPSA) is 66.4 Å². The number of amides is 1. The van der Waals surface area contributed by atoms with Crippen LogP contribution in [0.1, 0.15) is 34.8 Å². The molecule has 0 spiro atoms. The molecule has 0 aromatic heterocycles. The van der Waals surface area contributed by atoms with E-state index in [1.54, 1.807) is 12.3 Å². The number of benzene rings is 1. The third kappa shape index (κ3) is 5.70. The smallest absolute Gasteiger partial charge is 0.252 e. The van der Waals surface area contributed by atoms with Gasteiger partial charge >= 0.3 is 0 Å². The maximum atomic E-state index is 12.2. The van der Waals surface area contributed by atoms with Crippen LogP contribution >= 0.6 is 0 Å². The van der Waals surface area contributed by atoms with Crippen LogP contribution in [0.25, 0.3) is 0 Å². The fraction of sp³-hybridized carbons (Fsp3) is 0.438. The first-order valence-electron chi connectivity index (χ1n) is 6.76. The molecule has 2 atom stereocenters. The van der Waals surface area contributed by atoms with Gasteiger partial charge in [0.05, 0.1) is 12.2 Å². The van der Waals surface area contributed by atoms with Gasteiger partial charge in [0.25, 0.3) is 5.91 Å². The van der Waals surface area contributed by atoms with Gasteiger partial charge in [0.1, 0.15) is 0 Å². The second-order valence-electron chi connectivity index (χ2n) is 4.84. The first-order valence-corrected chi connectivity index (χ1v) is 8.38. The molecule has 1 aromatic carbocycles. The van der Waals surface area contributed by atoms with Crippen LogP contribution < -0.4 is 5.32 Å². The Kier molecular flexibility index (Phi) is 7.13. The molecule has 1 amide bonds. The van der Waals surface area contributed by atoms with Gasteiger partial charge in [-0.1, -0.05) is 17.9 Å². The summed E-state index contributed by atoms with van der Waals surface area (Å²) in [5.74, 6) is 5.52. The Morgan fingerprint density at radius 2 is 2.19 bits per heavy atom. The molecule has 0 fully saturated rings. The fourth-order valence-corrected chi connectivity index (χ4v) is 1.94. The van der Waals surface area contributed by atoms with E-state index in [0.717, 1.165) is 5.56 Å². The average Bonchev–Trinajstić information content (AvgIpc) is 2.44. The van der Waals surface area contributed by atoms with Gasteiger partial charge in [-0.25, -0.2) is 0 Å². The van der Waals surface area contributed by atoms with Crippen molar-refractivity contribution < 1.29 is 14.1 Å². The maximum Gasteiger partial charge on any atom is 0.252 e. The lowest BCUT2D eigenvalue weighted by molar-refractivity contribution is 0.0954. The normalized spacial score (nSPS) is 13.0. The highest BCUT2D eigenvalue weighted by molar-refractivity contribution is 7.84. The summed E-state index contributed by atoms with van der Waals surface area (Å²) in [5.41, 5.74) is 2.16. The quantitative estimate of drug-likeness (QED) is 0.804. The molecule has 0 heterocycles. The third-order valence-corrected chi connectivity index (χ3v) is 4.30. The van der Waals surface area contributed by atoms with Gasteiger partial charge in [0.2, 0.25) is 0 Å². The molecule has 21 heavy (non-hydrogen) atoms. The van der Waals surface area contributed by atoms with Gasteiger partial charge in [0, 0.05) is 40.8 Å². The van der Waals surface area contributed by atoms with Crippen molar-refractivity contribution in [2.24, 2.45) is 0 Å². The molecule has 0 radical (unpaired) electrons. The van der Waals surface area contributed by atoms with Crippen molar-refractivity contribution in [1.82, 2.24) is 5.32 Å². The van der Waals surface area contributed by atoms with Crippen LogP contribution in [-0.4, -0.2) is 39.9 Å². The summed E-state index contributed by atoms with van der Waals surface area (Å²) in [7, 11) is -0.969. The first kappa shape index (κ1) is 17.4. The van der Waals surface area contributed by atoms with Crippen molar-refractivity contribution in [1.29, 1.82) is 0 Å². The zero-order valence-electron chi connectivity index (χ0n) is 12.6. The molecule has 2 unspecified atom stereocenters. The van der Waals surface area contributed by atoms with Crippen LogP contribution in [0, 0.1) is 18.8 Å².